The number of carbonyl (C=O) groups is 3. The molecule has 0 saturated carbocycles. The number of amides is 4. The third-order valence-electron chi connectivity index (χ3n) is 4.24. The molecule has 4 amide bonds. The van der Waals surface area contributed by atoms with Crippen LogP contribution in [-0.4, -0.2) is 30.6 Å². The van der Waals surface area contributed by atoms with E-state index in [1.807, 2.05) is 30.3 Å². The van der Waals surface area contributed by atoms with E-state index in [2.05, 4.69) is 10.3 Å². The maximum atomic E-state index is 12.8. The number of benzene rings is 2. The van der Waals surface area contributed by atoms with Crippen LogP contribution < -0.4 is 10.2 Å². The number of aryl methyl sites for hydroxylation is 1. The third kappa shape index (κ3) is 4.23. The van der Waals surface area contributed by atoms with Crippen LogP contribution in [0.5, 0.6) is 0 Å². The fourth-order valence-electron chi connectivity index (χ4n) is 2.79. The lowest BCUT2D eigenvalue weighted by atomic mass is 10.0. The first-order chi connectivity index (χ1) is 13.0. The SMILES string of the molecule is Cc1ccc(Cl)cc1N1C(=O)NC(=O)[C@@H](C=NCCc2ccccc2)C1=O. The van der Waals surface area contributed by atoms with E-state index in [1.54, 1.807) is 19.1 Å². The largest absolute Gasteiger partial charge is 0.335 e. The number of halogens is 1. The van der Waals surface area contributed by atoms with Crippen LogP contribution in [0.2, 0.25) is 5.02 Å². The summed E-state index contributed by atoms with van der Waals surface area (Å²) in [4.78, 5) is 42.3. The van der Waals surface area contributed by atoms with E-state index in [0.717, 1.165) is 10.5 Å². The molecule has 0 aliphatic carbocycles. The number of carbonyl (C=O) groups excluding carboxylic acids is 3. The van der Waals surface area contributed by atoms with Gasteiger partial charge < -0.3 is 0 Å². The Morgan fingerprint density at radius 2 is 1.89 bits per heavy atom. The highest BCUT2D eigenvalue weighted by Crippen LogP contribution is 2.27. The maximum Gasteiger partial charge on any atom is 0.335 e. The number of aliphatic imine (C=N–C) groups is 1. The Hall–Kier alpha value is -2.99. The molecule has 1 aliphatic heterocycles. The van der Waals surface area contributed by atoms with E-state index in [0.29, 0.717) is 29.2 Å². The number of hydrogen-bond acceptors (Lipinski definition) is 4. The molecule has 1 fully saturated rings. The van der Waals surface area contributed by atoms with Crippen LogP contribution in [0.1, 0.15) is 11.1 Å². The van der Waals surface area contributed by atoms with Crippen molar-refractivity contribution in [2.75, 3.05) is 11.4 Å². The van der Waals surface area contributed by atoms with E-state index >= 15 is 0 Å². The van der Waals surface area contributed by atoms with Crippen molar-refractivity contribution in [2.45, 2.75) is 13.3 Å². The van der Waals surface area contributed by atoms with E-state index < -0.39 is 23.8 Å². The van der Waals surface area contributed by atoms with Crippen molar-refractivity contribution in [3.63, 3.8) is 0 Å². The van der Waals surface area contributed by atoms with Gasteiger partial charge in [-0.2, -0.15) is 0 Å². The van der Waals surface area contributed by atoms with Gasteiger partial charge in [-0.25, -0.2) is 9.69 Å². The lowest BCUT2D eigenvalue weighted by Gasteiger charge is -2.29. The number of nitrogens with zero attached hydrogens (tertiary/aromatic N) is 2. The van der Waals surface area contributed by atoms with E-state index in [1.165, 1.54) is 12.3 Å². The van der Waals surface area contributed by atoms with Crippen molar-refractivity contribution in [3.8, 4) is 0 Å². The number of hydrogen-bond donors (Lipinski definition) is 1. The lowest BCUT2D eigenvalue weighted by Crippen LogP contribution is -2.58. The average molecular weight is 384 g/mol. The molecule has 0 bridgehead atoms. The van der Waals surface area contributed by atoms with Crippen LogP contribution in [0.15, 0.2) is 53.5 Å². The molecule has 2 aromatic carbocycles. The van der Waals surface area contributed by atoms with Crippen molar-refractivity contribution in [1.82, 2.24) is 5.32 Å². The monoisotopic (exact) mass is 383 g/mol. The molecule has 6 nitrogen and oxygen atoms in total. The van der Waals surface area contributed by atoms with Crippen LogP contribution in [-0.2, 0) is 16.0 Å². The lowest BCUT2D eigenvalue weighted by molar-refractivity contribution is -0.131. The summed E-state index contributed by atoms with van der Waals surface area (Å²) >= 11 is 5.99. The Morgan fingerprint density at radius 3 is 2.63 bits per heavy atom. The highest BCUT2D eigenvalue weighted by atomic mass is 35.5. The van der Waals surface area contributed by atoms with Crippen molar-refractivity contribution < 1.29 is 14.4 Å². The van der Waals surface area contributed by atoms with Crippen LogP contribution in [0.25, 0.3) is 0 Å². The molecule has 0 radical (unpaired) electrons. The van der Waals surface area contributed by atoms with Gasteiger partial charge in [-0.05, 0) is 36.6 Å². The smallest absolute Gasteiger partial charge is 0.296 e. The Balaban J connectivity index is 1.76. The second kappa shape index (κ2) is 8.14. The summed E-state index contributed by atoms with van der Waals surface area (Å²) in [7, 11) is 0. The van der Waals surface area contributed by atoms with Gasteiger partial charge in [0, 0.05) is 17.8 Å². The minimum Gasteiger partial charge on any atom is -0.296 e. The Morgan fingerprint density at radius 1 is 1.15 bits per heavy atom. The Labute approximate surface area is 161 Å². The Kier molecular flexibility index (Phi) is 5.66. The molecule has 27 heavy (non-hydrogen) atoms. The summed E-state index contributed by atoms with van der Waals surface area (Å²) in [6.45, 7) is 2.19. The minimum atomic E-state index is -1.16. The number of urea groups is 1. The molecule has 1 saturated heterocycles. The van der Waals surface area contributed by atoms with Gasteiger partial charge in [-0.15, -0.1) is 0 Å². The highest BCUT2D eigenvalue weighted by Gasteiger charge is 2.40. The molecular weight excluding hydrogens is 366 g/mol. The first-order valence-corrected chi connectivity index (χ1v) is 8.84. The maximum absolute atomic E-state index is 12.8. The number of barbiturate groups is 1. The van der Waals surface area contributed by atoms with E-state index in [-0.39, 0.29) is 0 Å². The molecule has 1 atom stereocenters. The Bertz CT molecular complexity index is 912. The summed E-state index contributed by atoms with van der Waals surface area (Å²) in [5.74, 6) is -2.47. The van der Waals surface area contributed by atoms with Gasteiger partial charge in [-0.1, -0.05) is 48.0 Å². The quantitative estimate of drug-likeness (QED) is 0.636. The highest BCUT2D eigenvalue weighted by molar-refractivity contribution is 6.34. The fraction of sp³-hybridized carbons (Fsp3) is 0.200. The van der Waals surface area contributed by atoms with Gasteiger partial charge in [0.25, 0.3) is 5.91 Å². The van der Waals surface area contributed by atoms with Gasteiger partial charge in [0.1, 0.15) is 0 Å². The molecule has 0 unspecified atom stereocenters. The normalized spacial score (nSPS) is 17.5. The predicted octanol–water partition coefficient (Wildman–Crippen LogP) is 3.16. The second-order valence-corrected chi connectivity index (χ2v) is 6.60. The predicted molar refractivity (Wildman–Crippen MR) is 104 cm³/mol. The number of rotatable bonds is 5. The summed E-state index contributed by atoms with van der Waals surface area (Å²) < 4.78 is 0. The topological polar surface area (TPSA) is 78.8 Å². The molecule has 0 aromatic heterocycles. The van der Waals surface area contributed by atoms with Gasteiger partial charge in [0.2, 0.25) is 5.91 Å². The first kappa shape index (κ1) is 18.8. The van der Waals surface area contributed by atoms with Crippen molar-refractivity contribution in [1.29, 1.82) is 0 Å². The fourth-order valence-corrected chi connectivity index (χ4v) is 2.96. The van der Waals surface area contributed by atoms with Crippen molar-refractivity contribution >= 4 is 41.3 Å². The van der Waals surface area contributed by atoms with Crippen LogP contribution in [0.4, 0.5) is 10.5 Å². The van der Waals surface area contributed by atoms with Crippen molar-refractivity contribution in [2.24, 2.45) is 10.9 Å². The summed E-state index contributed by atoms with van der Waals surface area (Å²) in [6, 6.07) is 13.9. The molecule has 1 heterocycles. The summed E-state index contributed by atoms with van der Waals surface area (Å²) in [5, 5.41) is 2.60. The number of anilines is 1. The van der Waals surface area contributed by atoms with Crippen LogP contribution in [0, 0.1) is 12.8 Å². The molecule has 1 aliphatic rings. The first-order valence-electron chi connectivity index (χ1n) is 8.46. The molecule has 1 N–H and O–H groups in total. The molecule has 3 rings (SSSR count). The van der Waals surface area contributed by atoms with Crippen molar-refractivity contribution in [3.05, 3.63) is 64.7 Å². The number of imide groups is 2. The third-order valence-corrected chi connectivity index (χ3v) is 4.48. The molecular formula is C20H18ClN3O3. The second-order valence-electron chi connectivity index (χ2n) is 6.17. The zero-order valence-electron chi connectivity index (χ0n) is 14.7. The average Bonchev–Trinajstić information content (AvgIpc) is 2.64. The zero-order chi connectivity index (χ0) is 19.4. The molecule has 0 spiro atoms. The van der Waals surface area contributed by atoms with E-state index in [4.69, 9.17) is 11.6 Å². The minimum absolute atomic E-state index is 0.347. The standard InChI is InChI=1S/C20H18ClN3O3/c1-13-7-8-15(21)11-17(13)24-19(26)16(18(25)23-20(24)27)12-22-10-9-14-5-3-2-4-6-14/h2-8,11-12,16H,9-10H2,1H3,(H,23,25,27)/t16-/m1/s1. The molecule has 7 heteroatoms. The van der Waals surface area contributed by atoms with Crippen LogP contribution >= 0.6 is 11.6 Å². The zero-order valence-corrected chi connectivity index (χ0v) is 15.4. The van der Waals surface area contributed by atoms with Crippen LogP contribution in [0.3, 0.4) is 0 Å². The van der Waals surface area contributed by atoms with Gasteiger partial charge >= 0.3 is 6.03 Å². The summed E-state index contributed by atoms with van der Waals surface area (Å²) in [6.07, 6.45) is 2.00. The number of nitrogens with one attached hydrogen (secondary N) is 1. The summed E-state index contributed by atoms with van der Waals surface area (Å²) in [5.41, 5.74) is 2.15. The molecule has 138 valence electrons. The molecule has 2 aromatic rings. The van der Waals surface area contributed by atoms with Gasteiger partial charge in [0.15, 0.2) is 5.92 Å². The van der Waals surface area contributed by atoms with Gasteiger partial charge in [0.05, 0.1) is 5.69 Å². The van der Waals surface area contributed by atoms with Gasteiger partial charge in [-0.3, -0.25) is 19.9 Å². The van der Waals surface area contributed by atoms with E-state index in [9.17, 15) is 14.4 Å².